The van der Waals surface area contributed by atoms with E-state index in [1.54, 1.807) is 0 Å². The second kappa shape index (κ2) is 9.76. The molecule has 2 aliphatic rings. The first kappa shape index (κ1) is 21.8. The average molecular weight is 420 g/mol. The van der Waals surface area contributed by atoms with E-state index >= 15 is 0 Å². The number of sulfone groups is 1. The summed E-state index contributed by atoms with van der Waals surface area (Å²) in [6.07, 6.45) is 6.62. The van der Waals surface area contributed by atoms with Crippen LogP contribution in [0.25, 0.3) is 6.08 Å². The van der Waals surface area contributed by atoms with E-state index in [0.29, 0.717) is 32.6 Å². The van der Waals surface area contributed by atoms with Gasteiger partial charge in [0.25, 0.3) is 0 Å². The normalized spacial score (nSPS) is 20.4. The summed E-state index contributed by atoms with van der Waals surface area (Å²) in [4.78, 5) is 7.04. The number of piperidine rings is 1. The van der Waals surface area contributed by atoms with Gasteiger partial charge in [0.05, 0.1) is 11.3 Å². The van der Waals surface area contributed by atoms with Gasteiger partial charge < -0.3 is 15.0 Å². The first-order valence-corrected chi connectivity index (χ1v) is 12.4. The van der Waals surface area contributed by atoms with Gasteiger partial charge in [-0.3, -0.25) is 4.99 Å². The van der Waals surface area contributed by atoms with Crippen LogP contribution in [0.3, 0.4) is 0 Å². The molecule has 1 aromatic carbocycles. The monoisotopic (exact) mass is 419 g/mol. The molecule has 2 saturated heterocycles. The molecule has 0 unspecified atom stereocenters. The fourth-order valence-electron chi connectivity index (χ4n) is 3.97. The molecule has 0 amide bonds. The molecular weight excluding hydrogens is 386 g/mol. The Morgan fingerprint density at radius 1 is 1.21 bits per heavy atom. The number of benzene rings is 1. The summed E-state index contributed by atoms with van der Waals surface area (Å²) in [7, 11) is -3.21. The molecule has 3 rings (SSSR count). The van der Waals surface area contributed by atoms with E-state index < -0.39 is 14.6 Å². The Labute approximate surface area is 175 Å². The van der Waals surface area contributed by atoms with Crippen molar-refractivity contribution in [3.63, 3.8) is 0 Å². The summed E-state index contributed by atoms with van der Waals surface area (Å²) in [5.41, 5.74) is 2.69. The van der Waals surface area contributed by atoms with Crippen molar-refractivity contribution < 1.29 is 13.2 Å². The summed E-state index contributed by atoms with van der Waals surface area (Å²) < 4.78 is 29.6. The fraction of sp³-hybridized carbons (Fsp3) is 0.591. The fourth-order valence-corrected chi connectivity index (χ4v) is 5.18. The molecule has 160 valence electrons. The van der Waals surface area contributed by atoms with Crippen molar-refractivity contribution in [1.82, 2.24) is 10.2 Å². The molecule has 2 heterocycles. The van der Waals surface area contributed by atoms with Gasteiger partial charge in [0.15, 0.2) is 15.8 Å². The average Bonchev–Trinajstić information content (AvgIpc) is 2.72. The highest BCUT2D eigenvalue weighted by Gasteiger charge is 2.42. The van der Waals surface area contributed by atoms with E-state index in [1.807, 2.05) is 13.0 Å². The van der Waals surface area contributed by atoms with E-state index in [-0.39, 0.29) is 0 Å². The lowest BCUT2D eigenvalue weighted by molar-refractivity contribution is 0.0767. The van der Waals surface area contributed by atoms with Crippen molar-refractivity contribution in [2.75, 3.05) is 45.6 Å². The third-order valence-corrected chi connectivity index (χ3v) is 8.03. The van der Waals surface area contributed by atoms with E-state index in [2.05, 4.69) is 40.6 Å². The number of rotatable bonds is 5. The summed E-state index contributed by atoms with van der Waals surface area (Å²) in [6.45, 7) is 5.84. The van der Waals surface area contributed by atoms with Gasteiger partial charge in [-0.2, -0.15) is 0 Å². The highest BCUT2D eigenvalue weighted by atomic mass is 32.2. The van der Waals surface area contributed by atoms with Crippen LogP contribution in [0.2, 0.25) is 0 Å². The van der Waals surface area contributed by atoms with E-state index in [9.17, 15) is 8.42 Å². The lowest BCUT2D eigenvalue weighted by Crippen LogP contribution is -2.49. The minimum Gasteiger partial charge on any atom is -0.381 e. The van der Waals surface area contributed by atoms with Crippen LogP contribution in [0.1, 0.15) is 38.2 Å². The molecule has 0 aliphatic carbocycles. The van der Waals surface area contributed by atoms with E-state index in [0.717, 1.165) is 38.4 Å². The number of nitrogens with zero attached hydrogens (tertiary/aromatic N) is 2. The number of hydrogen-bond donors (Lipinski definition) is 1. The van der Waals surface area contributed by atoms with Crippen LogP contribution in [-0.4, -0.2) is 69.7 Å². The Balaban J connectivity index is 1.69. The maximum Gasteiger partial charge on any atom is 0.193 e. The predicted molar refractivity (Wildman–Crippen MR) is 119 cm³/mol. The van der Waals surface area contributed by atoms with E-state index in [1.165, 1.54) is 17.4 Å². The topological polar surface area (TPSA) is 71.0 Å². The summed E-state index contributed by atoms with van der Waals surface area (Å²) in [5, 5.41) is 3.36. The lowest BCUT2D eigenvalue weighted by atomic mass is 9.99. The smallest absolute Gasteiger partial charge is 0.193 e. The van der Waals surface area contributed by atoms with Crippen LogP contribution in [0, 0.1) is 0 Å². The number of aliphatic imine (C=N–C) groups is 1. The molecule has 1 N–H and O–H groups in total. The van der Waals surface area contributed by atoms with Crippen LogP contribution < -0.4 is 5.32 Å². The van der Waals surface area contributed by atoms with Crippen molar-refractivity contribution in [2.45, 2.75) is 37.4 Å². The third-order valence-electron chi connectivity index (χ3n) is 5.92. The van der Waals surface area contributed by atoms with Gasteiger partial charge >= 0.3 is 0 Å². The molecule has 0 bridgehead atoms. The lowest BCUT2D eigenvalue weighted by Gasteiger charge is -2.35. The summed E-state index contributed by atoms with van der Waals surface area (Å²) >= 11 is 0. The molecule has 0 atom stereocenters. The largest absolute Gasteiger partial charge is 0.381 e. The van der Waals surface area contributed by atoms with Crippen molar-refractivity contribution in [1.29, 1.82) is 0 Å². The first-order chi connectivity index (χ1) is 13.9. The summed E-state index contributed by atoms with van der Waals surface area (Å²) in [6, 6.07) is 10.4. The molecule has 0 radical (unpaired) electrons. The molecule has 0 saturated carbocycles. The second-order valence-corrected chi connectivity index (χ2v) is 10.3. The highest BCUT2D eigenvalue weighted by molar-refractivity contribution is 7.92. The van der Waals surface area contributed by atoms with Crippen LogP contribution in [0.15, 0.2) is 40.9 Å². The first-order valence-electron chi connectivity index (χ1n) is 10.5. The zero-order valence-corrected chi connectivity index (χ0v) is 18.4. The van der Waals surface area contributed by atoms with E-state index in [4.69, 9.17) is 9.73 Å². The second-order valence-electron chi connectivity index (χ2n) is 7.94. The molecule has 1 aromatic rings. The SMILES string of the molecule is CCNC(=NCC1(S(C)(=O)=O)CCOCC1)N1CCC(=Cc2ccccc2)CC1. The predicted octanol–water partition coefficient (Wildman–Crippen LogP) is 2.73. The molecule has 2 fully saturated rings. The molecule has 2 aliphatic heterocycles. The standard InChI is InChI=1S/C22H33N3O3S/c1-3-23-21(24-18-22(29(2,26)27)11-15-28-16-12-22)25-13-9-20(10-14-25)17-19-7-5-4-6-8-19/h4-8,17H,3,9-16,18H2,1-2H3,(H,23,24). The summed E-state index contributed by atoms with van der Waals surface area (Å²) in [5.74, 6) is 0.820. The molecule has 7 heteroatoms. The Morgan fingerprint density at radius 2 is 1.86 bits per heavy atom. The van der Waals surface area contributed by atoms with Gasteiger partial charge in [-0.05, 0) is 38.2 Å². The highest BCUT2D eigenvalue weighted by Crippen LogP contribution is 2.30. The minimum absolute atomic E-state index is 0.292. The molecule has 0 spiro atoms. The van der Waals surface area contributed by atoms with Crippen LogP contribution in [0.4, 0.5) is 0 Å². The number of ether oxygens (including phenoxy) is 1. The van der Waals surface area contributed by atoms with Gasteiger partial charge in [0.2, 0.25) is 0 Å². The molecule has 6 nitrogen and oxygen atoms in total. The Hall–Kier alpha value is -1.86. The van der Waals surface area contributed by atoms with Crippen molar-refractivity contribution in [3.05, 3.63) is 41.5 Å². The Kier molecular flexibility index (Phi) is 7.35. The zero-order valence-electron chi connectivity index (χ0n) is 17.6. The van der Waals surface area contributed by atoms with Crippen molar-refractivity contribution >= 4 is 21.9 Å². The van der Waals surface area contributed by atoms with Crippen LogP contribution >= 0.6 is 0 Å². The Bertz CT molecular complexity index is 818. The van der Waals surface area contributed by atoms with Crippen LogP contribution in [0.5, 0.6) is 0 Å². The van der Waals surface area contributed by atoms with Gasteiger partial charge in [0, 0.05) is 39.1 Å². The zero-order chi connectivity index (χ0) is 20.7. The minimum atomic E-state index is -3.21. The molecular formula is C22H33N3O3S. The molecule has 0 aromatic heterocycles. The van der Waals surface area contributed by atoms with Gasteiger partial charge in [0.1, 0.15) is 0 Å². The number of guanidine groups is 1. The quantitative estimate of drug-likeness (QED) is 0.587. The maximum atomic E-state index is 12.5. The third kappa shape index (κ3) is 5.60. The van der Waals surface area contributed by atoms with Crippen molar-refractivity contribution in [2.24, 2.45) is 4.99 Å². The number of nitrogens with one attached hydrogen (secondary N) is 1. The van der Waals surface area contributed by atoms with Crippen LogP contribution in [-0.2, 0) is 14.6 Å². The number of likely N-dealkylation sites (tertiary alicyclic amines) is 1. The number of hydrogen-bond acceptors (Lipinski definition) is 4. The Morgan fingerprint density at radius 3 is 2.45 bits per heavy atom. The molecule has 29 heavy (non-hydrogen) atoms. The van der Waals surface area contributed by atoms with Gasteiger partial charge in [-0.15, -0.1) is 0 Å². The maximum absolute atomic E-state index is 12.5. The van der Waals surface area contributed by atoms with Gasteiger partial charge in [-0.1, -0.05) is 42.0 Å². The van der Waals surface area contributed by atoms with Crippen molar-refractivity contribution in [3.8, 4) is 0 Å². The van der Waals surface area contributed by atoms with Gasteiger partial charge in [-0.25, -0.2) is 8.42 Å².